The van der Waals surface area contributed by atoms with E-state index in [-0.39, 0.29) is 35.5 Å². The SMILES string of the molecule is CC(C)NC(C(=O)C(C)C)C(C)c1c[nH]c2c1C=C(F)CC2. The topological polar surface area (TPSA) is 44.9 Å². The van der Waals surface area contributed by atoms with E-state index in [1.54, 1.807) is 6.08 Å². The van der Waals surface area contributed by atoms with Crippen LogP contribution < -0.4 is 5.32 Å². The maximum Gasteiger partial charge on any atom is 0.152 e. The van der Waals surface area contributed by atoms with Crippen LogP contribution in [0.4, 0.5) is 4.39 Å². The zero-order valence-electron chi connectivity index (χ0n) is 14.2. The van der Waals surface area contributed by atoms with Gasteiger partial charge in [-0.15, -0.1) is 0 Å². The van der Waals surface area contributed by atoms with Crippen LogP contribution in [0.15, 0.2) is 12.0 Å². The maximum atomic E-state index is 13.6. The maximum absolute atomic E-state index is 13.6. The van der Waals surface area contributed by atoms with Crippen molar-refractivity contribution in [3.05, 3.63) is 28.8 Å². The first-order valence-electron chi connectivity index (χ1n) is 8.17. The molecular formula is C18H27FN2O. The van der Waals surface area contributed by atoms with Crippen LogP contribution in [0.5, 0.6) is 0 Å². The summed E-state index contributed by atoms with van der Waals surface area (Å²) in [6.45, 7) is 9.98. The summed E-state index contributed by atoms with van der Waals surface area (Å²) in [5, 5.41) is 3.39. The number of fused-ring (bicyclic) bond motifs is 1. The third-order valence-electron chi connectivity index (χ3n) is 4.33. The van der Waals surface area contributed by atoms with Gasteiger partial charge in [0.2, 0.25) is 0 Å². The van der Waals surface area contributed by atoms with Crippen molar-refractivity contribution in [1.29, 1.82) is 0 Å². The standard InChI is InChI=1S/C18H27FN2O/c1-10(2)18(22)17(21-11(3)4)12(5)15-9-20-16-7-6-13(19)8-14(15)16/h8-12,17,20-21H,6-7H2,1-5H3. The molecule has 2 N–H and O–H groups in total. The number of hydrogen-bond acceptors (Lipinski definition) is 2. The number of Topliss-reactive ketones (excluding diaryl/α,β-unsaturated/α-hetero) is 1. The van der Waals surface area contributed by atoms with E-state index in [1.165, 1.54) is 0 Å². The lowest BCUT2D eigenvalue weighted by Gasteiger charge is -2.28. The molecule has 0 spiro atoms. The smallest absolute Gasteiger partial charge is 0.152 e. The normalized spacial score (nSPS) is 17.4. The van der Waals surface area contributed by atoms with Crippen molar-refractivity contribution >= 4 is 11.9 Å². The fourth-order valence-corrected chi connectivity index (χ4v) is 3.09. The molecule has 22 heavy (non-hydrogen) atoms. The Morgan fingerprint density at radius 1 is 1.23 bits per heavy atom. The van der Waals surface area contributed by atoms with Crippen molar-refractivity contribution in [3.8, 4) is 0 Å². The molecule has 1 aromatic heterocycles. The Bertz CT molecular complexity index is 572. The van der Waals surface area contributed by atoms with Crippen molar-refractivity contribution in [2.24, 2.45) is 5.92 Å². The molecule has 3 nitrogen and oxygen atoms in total. The molecule has 1 aliphatic rings. The van der Waals surface area contributed by atoms with Gasteiger partial charge in [-0.3, -0.25) is 4.79 Å². The summed E-state index contributed by atoms with van der Waals surface area (Å²) in [5.41, 5.74) is 3.03. The van der Waals surface area contributed by atoms with Gasteiger partial charge in [-0.05, 0) is 18.1 Å². The zero-order chi connectivity index (χ0) is 16.4. The second-order valence-corrected chi connectivity index (χ2v) is 6.87. The number of nitrogens with one attached hydrogen (secondary N) is 2. The first kappa shape index (κ1) is 16.9. The third kappa shape index (κ3) is 3.49. The van der Waals surface area contributed by atoms with E-state index in [0.717, 1.165) is 16.8 Å². The highest BCUT2D eigenvalue weighted by Crippen LogP contribution is 2.33. The van der Waals surface area contributed by atoms with Gasteiger partial charge in [-0.25, -0.2) is 4.39 Å². The first-order valence-corrected chi connectivity index (χ1v) is 8.17. The van der Waals surface area contributed by atoms with Gasteiger partial charge in [-0.2, -0.15) is 0 Å². The van der Waals surface area contributed by atoms with Gasteiger partial charge in [0.1, 0.15) is 5.83 Å². The number of carbonyl (C=O) groups is 1. The van der Waals surface area contributed by atoms with Crippen LogP contribution in [0.1, 0.15) is 63.8 Å². The molecule has 0 saturated carbocycles. The highest BCUT2D eigenvalue weighted by molar-refractivity contribution is 5.87. The molecule has 2 unspecified atom stereocenters. The van der Waals surface area contributed by atoms with E-state index < -0.39 is 0 Å². The molecular weight excluding hydrogens is 279 g/mol. The Hall–Kier alpha value is -1.42. The minimum absolute atomic E-state index is 0.000509. The summed E-state index contributed by atoms with van der Waals surface area (Å²) in [7, 11) is 0. The summed E-state index contributed by atoms with van der Waals surface area (Å²) in [4.78, 5) is 15.8. The Morgan fingerprint density at radius 2 is 1.91 bits per heavy atom. The Labute approximate surface area is 132 Å². The summed E-state index contributed by atoms with van der Waals surface area (Å²) in [6, 6.07) is -0.0320. The lowest BCUT2D eigenvalue weighted by Crippen LogP contribution is -2.46. The van der Waals surface area contributed by atoms with Gasteiger partial charge in [0, 0.05) is 41.8 Å². The molecule has 1 aliphatic carbocycles. The van der Waals surface area contributed by atoms with E-state index in [2.05, 4.69) is 10.3 Å². The largest absolute Gasteiger partial charge is 0.364 e. The van der Waals surface area contributed by atoms with Gasteiger partial charge in [0.05, 0.1) is 6.04 Å². The fraction of sp³-hybridized carbons (Fsp3) is 0.611. The van der Waals surface area contributed by atoms with Gasteiger partial charge < -0.3 is 10.3 Å². The second-order valence-electron chi connectivity index (χ2n) is 6.87. The van der Waals surface area contributed by atoms with E-state index in [1.807, 2.05) is 40.8 Å². The molecule has 0 bridgehead atoms. The summed E-state index contributed by atoms with van der Waals surface area (Å²) in [6.07, 6.45) is 4.71. The van der Waals surface area contributed by atoms with Crippen molar-refractivity contribution in [1.82, 2.24) is 10.3 Å². The van der Waals surface area contributed by atoms with Crippen molar-refractivity contribution in [2.45, 2.75) is 65.5 Å². The average molecular weight is 306 g/mol. The zero-order valence-corrected chi connectivity index (χ0v) is 14.2. The number of carbonyl (C=O) groups excluding carboxylic acids is 1. The Balaban J connectivity index is 2.34. The number of hydrogen-bond donors (Lipinski definition) is 2. The molecule has 0 amide bonds. The van der Waals surface area contributed by atoms with Gasteiger partial charge in [0.25, 0.3) is 0 Å². The Kier molecular flexibility index (Phi) is 5.22. The van der Waals surface area contributed by atoms with Crippen LogP contribution in [0.2, 0.25) is 0 Å². The molecule has 0 fully saturated rings. The molecule has 4 heteroatoms. The average Bonchev–Trinajstić information content (AvgIpc) is 2.85. The molecule has 0 aliphatic heterocycles. The van der Waals surface area contributed by atoms with Crippen LogP contribution >= 0.6 is 0 Å². The quantitative estimate of drug-likeness (QED) is 0.835. The number of aromatic nitrogens is 1. The number of allylic oxidation sites excluding steroid dienone is 1. The molecule has 2 atom stereocenters. The molecule has 0 aromatic carbocycles. The summed E-state index contributed by atoms with van der Waals surface area (Å²) < 4.78 is 13.6. The molecule has 122 valence electrons. The summed E-state index contributed by atoms with van der Waals surface area (Å²) >= 11 is 0. The molecule has 0 saturated heterocycles. The molecule has 1 heterocycles. The number of ketones is 1. The van der Waals surface area contributed by atoms with Crippen molar-refractivity contribution < 1.29 is 9.18 Å². The second kappa shape index (κ2) is 6.78. The van der Waals surface area contributed by atoms with Crippen molar-refractivity contribution in [2.75, 3.05) is 0 Å². The minimum Gasteiger partial charge on any atom is -0.364 e. The van der Waals surface area contributed by atoms with Crippen LogP contribution in [0.3, 0.4) is 0 Å². The van der Waals surface area contributed by atoms with E-state index >= 15 is 0 Å². The highest BCUT2D eigenvalue weighted by atomic mass is 19.1. The van der Waals surface area contributed by atoms with Crippen molar-refractivity contribution in [3.63, 3.8) is 0 Å². The first-order chi connectivity index (χ1) is 10.3. The van der Waals surface area contributed by atoms with Crippen LogP contribution in [0, 0.1) is 5.92 Å². The predicted octanol–water partition coefficient (Wildman–Crippen LogP) is 3.97. The number of halogens is 1. The number of rotatable bonds is 6. The van der Waals surface area contributed by atoms with E-state index in [9.17, 15) is 9.18 Å². The van der Waals surface area contributed by atoms with Gasteiger partial charge in [-0.1, -0.05) is 34.6 Å². The van der Waals surface area contributed by atoms with Crippen LogP contribution in [-0.4, -0.2) is 22.9 Å². The lowest BCUT2D eigenvalue weighted by atomic mass is 9.84. The van der Waals surface area contributed by atoms with Gasteiger partial charge in [0.15, 0.2) is 5.78 Å². The molecule has 1 aromatic rings. The van der Waals surface area contributed by atoms with E-state index in [4.69, 9.17) is 0 Å². The predicted molar refractivity (Wildman–Crippen MR) is 88.5 cm³/mol. The summed E-state index contributed by atoms with van der Waals surface area (Å²) in [5.74, 6) is 0.0979. The number of aromatic amines is 1. The highest BCUT2D eigenvalue weighted by Gasteiger charge is 2.31. The Morgan fingerprint density at radius 3 is 2.50 bits per heavy atom. The number of aryl methyl sites for hydroxylation is 1. The van der Waals surface area contributed by atoms with Crippen LogP contribution in [-0.2, 0) is 11.2 Å². The fourth-order valence-electron chi connectivity index (χ4n) is 3.09. The van der Waals surface area contributed by atoms with E-state index in [0.29, 0.717) is 12.8 Å². The molecule has 2 rings (SSSR count). The van der Waals surface area contributed by atoms with Crippen LogP contribution in [0.25, 0.3) is 6.08 Å². The minimum atomic E-state index is -0.252. The lowest BCUT2D eigenvalue weighted by molar-refractivity contribution is -0.124. The monoisotopic (exact) mass is 306 g/mol. The third-order valence-corrected chi connectivity index (χ3v) is 4.33. The number of H-pyrrole nitrogens is 1. The van der Waals surface area contributed by atoms with Gasteiger partial charge >= 0.3 is 0 Å². The molecule has 0 radical (unpaired) electrons.